The number of nitrogen functional groups attached to an aromatic ring is 1. The molecular weight excluding hydrogens is 266 g/mol. The molecular formula is C16H19N3O2. The Morgan fingerprint density at radius 2 is 2.00 bits per heavy atom. The van der Waals surface area contributed by atoms with Crippen LogP contribution in [0, 0.1) is 0 Å². The number of para-hydroxylation sites is 1. The molecule has 0 bridgehead atoms. The maximum Gasteiger partial charge on any atom is 0.257 e. The second-order valence-corrected chi connectivity index (χ2v) is 4.54. The van der Waals surface area contributed by atoms with Gasteiger partial charge in [0.15, 0.2) is 6.61 Å². The van der Waals surface area contributed by atoms with Crippen molar-refractivity contribution in [3.05, 3.63) is 54.1 Å². The number of nitrogens with two attached hydrogens (primary N) is 1. The minimum atomic E-state index is -0.162. The lowest BCUT2D eigenvalue weighted by Crippen LogP contribution is -2.24. The molecule has 0 unspecified atom stereocenters. The van der Waals surface area contributed by atoms with Gasteiger partial charge in [0.05, 0.1) is 0 Å². The van der Waals surface area contributed by atoms with Gasteiger partial charge in [-0.1, -0.05) is 24.3 Å². The number of likely N-dealkylation sites (N-methyl/N-ethyl adjacent to an activating group) is 1. The van der Waals surface area contributed by atoms with Crippen molar-refractivity contribution in [2.24, 2.45) is 0 Å². The van der Waals surface area contributed by atoms with Crippen LogP contribution in [0.2, 0.25) is 0 Å². The van der Waals surface area contributed by atoms with Crippen molar-refractivity contribution in [2.45, 2.75) is 6.54 Å². The van der Waals surface area contributed by atoms with Crippen LogP contribution in [-0.2, 0) is 11.3 Å². The third-order valence-corrected chi connectivity index (χ3v) is 3.02. The first-order valence-corrected chi connectivity index (χ1v) is 6.69. The molecule has 0 atom stereocenters. The molecule has 2 aromatic carbocycles. The Kier molecular flexibility index (Phi) is 5.04. The summed E-state index contributed by atoms with van der Waals surface area (Å²) in [6.45, 7) is 0.636. The molecule has 110 valence electrons. The van der Waals surface area contributed by atoms with Crippen LogP contribution in [0.1, 0.15) is 5.56 Å². The number of nitrogens with one attached hydrogen (secondary N) is 2. The Labute approximate surface area is 124 Å². The Morgan fingerprint density at radius 3 is 2.76 bits per heavy atom. The van der Waals surface area contributed by atoms with E-state index >= 15 is 0 Å². The Morgan fingerprint density at radius 1 is 1.19 bits per heavy atom. The summed E-state index contributed by atoms with van der Waals surface area (Å²) in [4.78, 5) is 11.2. The smallest absolute Gasteiger partial charge is 0.257 e. The van der Waals surface area contributed by atoms with Crippen LogP contribution in [0.15, 0.2) is 48.5 Å². The van der Waals surface area contributed by atoms with Gasteiger partial charge in [-0.3, -0.25) is 4.79 Å². The van der Waals surface area contributed by atoms with Crippen molar-refractivity contribution < 1.29 is 9.53 Å². The molecule has 4 N–H and O–H groups in total. The maximum atomic E-state index is 11.2. The molecule has 2 aromatic rings. The molecule has 0 aliphatic carbocycles. The van der Waals surface area contributed by atoms with E-state index in [2.05, 4.69) is 10.6 Å². The van der Waals surface area contributed by atoms with Gasteiger partial charge in [0.25, 0.3) is 5.91 Å². The minimum Gasteiger partial charge on any atom is -0.484 e. The predicted molar refractivity (Wildman–Crippen MR) is 84.2 cm³/mol. The van der Waals surface area contributed by atoms with Gasteiger partial charge < -0.3 is 21.1 Å². The molecule has 1 amide bonds. The summed E-state index contributed by atoms with van der Waals surface area (Å²) >= 11 is 0. The number of hydrogen-bond acceptors (Lipinski definition) is 4. The standard InChI is InChI=1S/C16H19N3O2/c1-18-16(20)11-21-14-7-4-6-13(9-14)19-10-12-5-2-3-8-15(12)17/h2-9,19H,10-11,17H2,1H3,(H,18,20). The number of ether oxygens (including phenoxy) is 1. The summed E-state index contributed by atoms with van der Waals surface area (Å²) in [7, 11) is 1.58. The molecule has 0 aliphatic rings. The SMILES string of the molecule is CNC(=O)COc1cccc(NCc2ccccc2N)c1. The quantitative estimate of drug-likeness (QED) is 0.710. The summed E-state index contributed by atoms with van der Waals surface area (Å²) in [6.07, 6.45) is 0. The first-order chi connectivity index (χ1) is 10.2. The summed E-state index contributed by atoms with van der Waals surface area (Å²) < 4.78 is 5.40. The number of amides is 1. The van der Waals surface area contributed by atoms with Gasteiger partial charge in [0.1, 0.15) is 5.75 Å². The van der Waals surface area contributed by atoms with Gasteiger partial charge in [-0.2, -0.15) is 0 Å². The topological polar surface area (TPSA) is 76.4 Å². The molecule has 0 fully saturated rings. The van der Waals surface area contributed by atoms with Crippen molar-refractivity contribution in [1.29, 1.82) is 0 Å². The van der Waals surface area contributed by atoms with E-state index < -0.39 is 0 Å². The van der Waals surface area contributed by atoms with Crippen LogP contribution in [0.4, 0.5) is 11.4 Å². The molecule has 0 saturated carbocycles. The molecule has 0 aliphatic heterocycles. The van der Waals surface area contributed by atoms with Gasteiger partial charge in [0, 0.05) is 31.0 Å². The zero-order valence-electron chi connectivity index (χ0n) is 11.9. The van der Waals surface area contributed by atoms with Crippen molar-refractivity contribution in [3.63, 3.8) is 0 Å². The van der Waals surface area contributed by atoms with Gasteiger partial charge >= 0.3 is 0 Å². The zero-order chi connectivity index (χ0) is 15.1. The van der Waals surface area contributed by atoms with Crippen molar-refractivity contribution >= 4 is 17.3 Å². The van der Waals surface area contributed by atoms with Crippen LogP contribution >= 0.6 is 0 Å². The van der Waals surface area contributed by atoms with Gasteiger partial charge in [-0.05, 0) is 23.8 Å². The summed E-state index contributed by atoms with van der Waals surface area (Å²) in [5.41, 5.74) is 8.61. The van der Waals surface area contributed by atoms with Crippen LogP contribution in [0.5, 0.6) is 5.75 Å². The largest absolute Gasteiger partial charge is 0.484 e. The molecule has 0 saturated heterocycles. The molecule has 0 radical (unpaired) electrons. The molecule has 5 nitrogen and oxygen atoms in total. The monoisotopic (exact) mass is 285 g/mol. The lowest BCUT2D eigenvalue weighted by atomic mass is 10.2. The molecule has 5 heteroatoms. The van der Waals surface area contributed by atoms with Gasteiger partial charge in [-0.25, -0.2) is 0 Å². The Balaban J connectivity index is 1.95. The third-order valence-electron chi connectivity index (χ3n) is 3.02. The van der Waals surface area contributed by atoms with E-state index in [9.17, 15) is 4.79 Å². The number of carbonyl (C=O) groups excluding carboxylic acids is 1. The van der Waals surface area contributed by atoms with E-state index in [1.807, 2.05) is 48.5 Å². The van der Waals surface area contributed by atoms with Crippen LogP contribution < -0.4 is 21.1 Å². The predicted octanol–water partition coefficient (Wildman–Crippen LogP) is 2.01. The highest BCUT2D eigenvalue weighted by Gasteiger charge is 2.02. The molecule has 0 spiro atoms. The highest BCUT2D eigenvalue weighted by Crippen LogP contribution is 2.19. The number of benzene rings is 2. The number of hydrogen-bond donors (Lipinski definition) is 3. The minimum absolute atomic E-state index is 0.00554. The van der Waals surface area contributed by atoms with Gasteiger partial charge in [0.2, 0.25) is 0 Å². The van der Waals surface area contributed by atoms with Crippen LogP contribution in [0.3, 0.4) is 0 Å². The second kappa shape index (κ2) is 7.19. The fourth-order valence-corrected chi connectivity index (χ4v) is 1.81. The van der Waals surface area contributed by atoms with Crippen molar-refractivity contribution in [2.75, 3.05) is 24.7 Å². The second-order valence-electron chi connectivity index (χ2n) is 4.54. The maximum absolute atomic E-state index is 11.2. The lowest BCUT2D eigenvalue weighted by Gasteiger charge is -2.10. The average molecular weight is 285 g/mol. The van der Waals surface area contributed by atoms with Crippen LogP contribution in [0.25, 0.3) is 0 Å². The highest BCUT2D eigenvalue weighted by atomic mass is 16.5. The number of rotatable bonds is 6. The third kappa shape index (κ3) is 4.42. The summed E-state index contributed by atoms with van der Waals surface area (Å²) in [5.74, 6) is 0.482. The number of carbonyl (C=O) groups is 1. The normalized spacial score (nSPS) is 9.95. The zero-order valence-corrected chi connectivity index (χ0v) is 11.9. The average Bonchev–Trinajstić information content (AvgIpc) is 2.52. The fraction of sp³-hybridized carbons (Fsp3) is 0.188. The van der Waals surface area contributed by atoms with E-state index in [0.717, 1.165) is 16.9 Å². The van der Waals surface area contributed by atoms with E-state index in [-0.39, 0.29) is 12.5 Å². The van der Waals surface area contributed by atoms with Crippen molar-refractivity contribution in [1.82, 2.24) is 5.32 Å². The lowest BCUT2D eigenvalue weighted by molar-refractivity contribution is -0.122. The summed E-state index contributed by atoms with van der Waals surface area (Å²) in [5, 5.41) is 5.79. The molecule has 2 rings (SSSR count). The summed E-state index contributed by atoms with van der Waals surface area (Å²) in [6, 6.07) is 15.2. The van der Waals surface area contributed by atoms with E-state index in [4.69, 9.17) is 10.5 Å². The van der Waals surface area contributed by atoms with Crippen molar-refractivity contribution in [3.8, 4) is 5.75 Å². The molecule has 0 heterocycles. The Hall–Kier alpha value is -2.69. The highest BCUT2D eigenvalue weighted by molar-refractivity contribution is 5.77. The first-order valence-electron chi connectivity index (χ1n) is 6.69. The molecule has 21 heavy (non-hydrogen) atoms. The number of anilines is 2. The van der Waals surface area contributed by atoms with E-state index in [0.29, 0.717) is 12.3 Å². The molecule has 0 aromatic heterocycles. The Bertz CT molecular complexity index is 614. The van der Waals surface area contributed by atoms with Crippen LogP contribution in [-0.4, -0.2) is 19.6 Å². The van der Waals surface area contributed by atoms with E-state index in [1.54, 1.807) is 7.05 Å². The van der Waals surface area contributed by atoms with E-state index in [1.165, 1.54) is 0 Å². The fourth-order valence-electron chi connectivity index (χ4n) is 1.81. The first kappa shape index (κ1) is 14.7. The van der Waals surface area contributed by atoms with Gasteiger partial charge in [-0.15, -0.1) is 0 Å².